The molecule has 0 heterocycles. The number of halogens is 1. The Hall–Kier alpha value is -0.530. The third-order valence-electron chi connectivity index (χ3n) is 3.21. The van der Waals surface area contributed by atoms with E-state index in [1.807, 2.05) is 12.1 Å². The predicted molar refractivity (Wildman–Crippen MR) is 81.4 cm³/mol. The highest BCUT2D eigenvalue weighted by Crippen LogP contribution is 2.14. The first kappa shape index (κ1) is 15.5. The average Bonchev–Trinajstić information content (AvgIpc) is 2.36. The minimum atomic E-state index is 0.593. The van der Waals surface area contributed by atoms with Crippen molar-refractivity contribution in [2.75, 3.05) is 6.54 Å². The zero-order chi connectivity index (χ0) is 13.2. The number of rotatable bonds is 9. The van der Waals surface area contributed by atoms with Crippen LogP contribution in [-0.2, 0) is 6.42 Å². The molecular formula is C16H26ClN. The molecule has 0 spiro atoms. The Balaban J connectivity index is 2.48. The van der Waals surface area contributed by atoms with Crippen LogP contribution in [0, 0.1) is 0 Å². The molecule has 0 aliphatic heterocycles. The molecule has 0 fully saturated rings. The van der Waals surface area contributed by atoms with Crippen molar-refractivity contribution >= 4 is 11.6 Å². The van der Waals surface area contributed by atoms with Gasteiger partial charge in [0.1, 0.15) is 0 Å². The molecule has 1 rings (SSSR count). The van der Waals surface area contributed by atoms with Gasteiger partial charge in [-0.2, -0.15) is 0 Å². The highest BCUT2D eigenvalue weighted by atomic mass is 35.5. The molecule has 1 aromatic carbocycles. The van der Waals surface area contributed by atoms with Gasteiger partial charge in [-0.15, -0.1) is 0 Å². The Morgan fingerprint density at radius 1 is 1.17 bits per heavy atom. The van der Waals surface area contributed by atoms with Gasteiger partial charge in [-0.3, -0.25) is 0 Å². The number of hydrogen-bond acceptors (Lipinski definition) is 1. The van der Waals surface area contributed by atoms with Gasteiger partial charge in [-0.05, 0) is 43.5 Å². The number of benzene rings is 1. The quantitative estimate of drug-likeness (QED) is 0.632. The lowest BCUT2D eigenvalue weighted by Crippen LogP contribution is -2.31. The standard InChI is InChI=1S/C16H26ClN/c1-3-5-6-10-16(18-11-4-2)13-14-8-7-9-15(17)12-14/h7-9,12,16,18H,3-6,10-11,13H2,1-2H3. The highest BCUT2D eigenvalue weighted by molar-refractivity contribution is 6.30. The fraction of sp³-hybridized carbons (Fsp3) is 0.625. The molecule has 0 aliphatic carbocycles. The monoisotopic (exact) mass is 267 g/mol. The molecule has 18 heavy (non-hydrogen) atoms. The molecule has 1 aromatic rings. The summed E-state index contributed by atoms with van der Waals surface area (Å²) >= 11 is 6.04. The second kappa shape index (κ2) is 9.41. The molecule has 0 saturated carbocycles. The molecule has 1 atom stereocenters. The summed E-state index contributed by atoms with van der Waals surface area (Å²) in [7, 11) is 0. The van der Waals surface area contributed by atoms with Gasteiger partial charge in [-0.25, -0.2) is 0 Å². The lowest BCUT2D eigenvalue weighted by Gasteiger charge is -2.18. The van der Waals surface area contributed by atoms with Crippen LogP contribution in [0.5, 0.6) is 0 Å². The van der Waals surface area contributed by atoms with Crippen LogP contribution in [0.25, 0.3) is 0 Å². The lowest BCUT2D eigenvalue weighted by atomic mass is 10.0. The van der Waals surface area contributed by atoms with E-state index in [4.69, 9.17) is 11.6 Å². The molecule has 1 nitrogen and oxygen atoms in total. The van der Waals surface area contributed by atoms with Crippen LogP contribution in [0.3, 0.4) is 0 Å². The van der Waals surface area contributed by atoms with E-state index in [0.29, 0.717) is 6.04 Å². The zero-order valence-electron chi connectivity index (χ0n) is 11.7. The highest BCUT2D eigenvalue weighted by Gasteiger charge is 2.08. The molecule has 2 heteroatoms. The minimum Gasteiger partial charge on any atom is -0.314 e. The van der Waals surface area contributed by atoms with E-state index in [1.54, 1.807) is 0 Å². The summed E-state index contributed by atoms with van der Waals surface area (Å²) < 4.78 is 0. The van der Waals surface area contributed by atoms with Gasteiger partial charge < -0.3 is 5.32 Å². The Bertz CT molecular complexity index is 325. The molecule has 1 unspecified atom stereocenters. The lowest BCUT2D eigenvalue weighted by molar-refractivity contribution is 0.456. The Morgan fingerprint density at radius 3 is 2.67 bits per heavy atom. The number of nitrogens with one attached hydrogen (secondary N) is 1. The van der Waals surface area contributed by atoms with Crippen LogP contribution in [0.1, 0.15) is 51.5 Å². The molecule has 0 aliphatic rings. The summed E-state index contributed by atoms with van der Waals surface area (Å²) in [5, 5.41) is 4.50. The van der Waals surface area contributed by atoms with Crippen molar-refractivity contribution in [3.8, 4) is 0 Å². The second-order valence-corrected chi connectivity index (χ2v) is 5.42. The normalized spacial score (nSPS) is 12.6. The Kier molecular flexibility index (Phi) is 8.11. The zero-order valence-corrected chi connectivity index (χ0v) is 12.5. The Labute approximate surface area is 117 Å². The fourth-order valence-corrected chi connectivity index (χ4v) is 2.43. The van der Waals surface area contributed by atoms with Crippen molar-refractivity contribution in [2.24, 2.45) is 0 Å². The van der Waals surface area contributed by atoms with Gasteiger partial charge in [0.25, 0.3) is 0 Å². The first-order valence-corrected chi connectivity index (χ1v) is 7.61. The van der Waals surface area contributed by atoms with Crippen LogP contribution in [-0.4, -0.2) is 12.6 Å². The molecule has 1 N–H and O–H groups in total. The molecule has 0 aromatic heterocycles. The minimum absolute atomic E-state index is 0.593. The summed E-state index contributed by atoms with van der Waals surface area (Å²) in [5.74, 6) is 0. The van der Waals surface area contributed by atoms with Crippen LogP contribution in [0.4, 0.5) is 0 Å². The van der Waals surface area contributed by atoms with E-state index in [-0.39, 0.29) is 0 Å². The van der Waals surface area contributed by atoms with Crippen molar-refractivity contribution in [3.63, 3.8) is 0 Å². The van der Waals surface area contributed by atoms with E-state index < -0.39 is 0 Å². The molecule has 0 amide bonds. The van der Waals surface area contributed by atoms with Crippen LogP contribution >= 0.6 is 11.6 Å². The van der Waals surface area contributed by atoms with Crippen LogP contribution < -0.4 is 5.32 Å². The van der Waals surface area contributed by atoms with Gasteiger partial charge in [-0.1, -0.05) is 56.8 Å². The summed E-state index contributed by atoms with van der Waals surface area (Å²) in [4.78, 5) is 0. The number of unbranched alkanes of at least 4 members (excludes halogenated alkanes) is 2. The van der Waals surface area contributed by atoms with Crippen molar-refractivity contribution in [2.45, 2.75) is 58.4 Å². The van der Waals surface area contributed by atoms with Crippen molar-refractivity contribution in [1.82, 2.24) is 5.32 Å². The third-order valence-corrected chi connectivity index (χ3v) is 3.45. The maximum atomic E-state index is 6.04. The SMILES string of the molecule is CCCCCC(Cc1cccc(Cl)c1)NCCC. The topological polar surface area (TPSA) is 12.0 Å². The van der Waals surface area contributed by atoms with E-state index in [9.17, 15) is 0 Å². The molecular weight excluding hydrogens is 242 g/mol. The molecule has 0 saturated heterocycles. The van der Waals surface area contributed by atoms with Gasteiger partial charge in [0.05, 0.1) is 0 Å². The predicted octanol–water partition coefficient (Wildman–Crippen LogP) is 4.83. The second-order valence-electron chi connectivity index (χ2n) is 4.98. The Morgan fingerprint density at radius 2 is 2.00 bits per heavy atom. The number of hydrogen-bond donors (Lipinski definition) is 1. The van der Waals surface area contributed by atoms with E-state index in [2.05, 4.69) is 31.3 Å². The smallest absolute Gasteiger partial charge is 0.0408 e. The first-order valence-electron chi connectivity index (χ1n) is 7.24. The van der Waals surface area contributed by atoms with Crippen LogP contribution in [0.2, 0.25) is 5.02 Å². The summed E-state index contributed by atoms with van der Waals surface area (Å²) in [5.41, 5.74) is 1.34. The van der Waals surface area contributed by atoms with Gasteiger partial charge >= 0.3 is 0 Å². The summed E-state index contributed by atoms with van der Waals surface area (Å²) in [6.45, 7) is 5.58. The molecule has 0 radical (unpaired) electrons. The van der Waals surface area contributed by atoms with E-state index in [0.717, 1.165) is 18.0 Å². The largest absolute Gasteiger partial charge is 0.314 e. The fourth-order valence-electron chi connectivity index (χ4n) is 2.21. The van der Waals surface area contributed by atoms with Gasteiger partial charge in [0, 0.05) is 11.1 Å². The maximum Gasteiger partial charge on any atom is 0.0408 e. The van der Waals surface area contributed by atoms with Crippen molar-refractivity contribution in [1.29, 1.82) is 0 Å². The summed E-state index contributed by atoms with van der Waals surface area (Å²) in [6, 6.07) is 8.83. The van der Waals surface area contributed by atoms with E-state index >= 15 is 0 Å². The van der Waals surface area contributed by atoms with Crippen molar-refractivity contribution in [3.05, 3.63) is 34.9 Å². The maximum absolute atomic E-state index is 6.04. The van der Waals surface area contributed by atoms with Crippen molar-refractivity contribution < 1.29 is 0 Å². The van der Waals surface area contributed by atoms with Gasteiger partial charge in [0.2, 0.25) is 0 Å². The molecule has 0 bridgehead atoms. The summed E-state index contributed by atoms with van der Waals surface area (Å²) in [6.07, 6.45) is 7.49. The third kappa shape index (κ3) is 6.42. The average molecular weight is 268 g/mol. The van der Waals surface area contributed by atoms with Crippen LogP contribution in [0.15, 0.2) is 24.3 Å². The molecule has 102 valence electrons. The van der Waals surface area contributed by atoms with Gasteiger partial charge in [0.15, 0.2) is 0 Å². The first-order chi connectivity index (χ1) is 8.76. The van der Waals surface area contributed by atoms with E-state index in [1.165, 1.54) is 37.7 Å².